The number of carboxylic acid groups (broad SMARTS) is 1. The highest BCUT2D eigenvalue weighted by molar-refractivity contribution is 7.89. The summed E-state index contributed by atoms with van der Waals surface area (Å²) in [5, 5.41) is 16.3. The number of carbonyl (C=O) groups is 1. The molecular weight excluding hydrogens is 232 g/mol. The lowest BCUT2D eigenvalue weighted by Gasteiger charge is -2.17. The predicted octanol–water partition coefficient (Wildman–Crippen LogP) is -0.119. The van der Waals surface area contributed by atoms with E-state index in [-0.39, 0.29) is 19.0 Å². The van der Waals surface area contributed by atoms with Crippen LogP contribution in [0.3, 0.4) is 0 Å². The summed E-state index contributed by atoms with van der Waals surface area (Å²) >= 11 is 0. The third-order valence-corrected chi connectivity index (χ3v) is 4.90. The molecule has 6 nitrogen and oxygen atoms in total. The predicted molar refractivity (Wildman–Crippen MR) is 55.9 cm³/mol. The summed E-state index contributed by atoms with van der Waals surface area (Å²) in [7, 11) is -3.68. The molecule has 16 heavy (non-hydrogen) atoms. The van der Waals surface area contributed by atoms with Gasteiger partial charge in [-0.3, -0.25) is 4.79 Å². The second kappa shape index (κ2) is 4.39. The lowest BCUT2D eigenvalue weighted by atomic mass is 9.99. The summed E-state index contributed by atoms with van der Waals surface area (Å²) in [4.78, 5) is 10.8. The molecule has 90 valence electrons. The van der Waals surface area contributed by atoms with Gasteiger partial charge in [0.15, 0.2) is 5.25 Å². The Labute approximate surface area is 94.5 Å². The van der Waals surface area contributed by atoms with E-state index in [0.717, 1.165) is 4.31 Å². The summed E-state index contributed by atoms with van der Waals surface area (Å²) in [5.41, 5.74) is 0. The zero-order chi connectivity index (χ0) is 12.5. The van der Waals surface area contributed by atoms with E-state index in [0.29, 0.717) is 0 Å². The molecule has 3 atom stereocenters. The van der Waals surface area contributed by atoms with Gasteiger partial charge in [0.1, 0.15) is 0 Å². The molecule has 0 aliphatic carbocycles. The number of carboxylic acids is 1. The first-order valence-electron chi connectivity index (χ1n) is 4.92. The highest BCUT2D eigenvalue weighted by Crippen LogP contribution is 2.26. The van der Waals surface area contributed by atoms with Crippen LogP contribution < -0.4 is 0 Å². The Morgan fingerprint density at radius 2 is 2.12 bits per heavy atom. The van der Waals surface area contributed by atoms with Crippen molar-refractivity contribution < 1.29 is 18.3 Å². The molecule has 0 spiro atoms. The van der Waals surface area contributed by atoms with E-state index in [4.69, 9.17) is 10.4 Å². The molecule has 0 bridgehead atoms. The van der Waals surface area contributed by atoms with Crippen LogP contribution in [0.5, 0.6) is 0 Å². The van der Waals surface area contributed by atoms with Crippen LogP contribution in [-0.4, -0.2) is 42.1 Å². The summed E-state index contributed by atoms with van der Waals surface area (Å²) < 4.78 is 24.7. The highest BCUT2D eigenvalue weighted by Gasteiger charge is 2.41. The lowest BCUT2D eigenvalue weighted by Crippen LogP contribution is -2.36. The molecule has 3 unspecified atom stereocenters. The van der Waals surface area contributed by atoms with Gasteiger partial charge in [-0.15, -0.1) is 0 Å². The maximum atomic E-state index is 11.8. The zero-order valence-corrected chi connectivity index (χ0v) is 9.94. The number of hydrogen-bond donors (Lipinski definition) is 1. The molecule has 1 aliphatic rings. The van der Waals surface area contributed by atoms with Crippen molar-refractivity contribution in [3.63, 3.8) is 0 Å². The first-order chi connectivity index (χ1) is 7.30. The molecule has 7 heteroatoms. The summed E-state index contributed by atoms with van der Waals surface area (Å²) in [5.74, 6) is -1.89. The molecular formula is C9H14N2O4S. The summed E-state index contributed by atoms with van der Waals surface area (Å²) in [6.45, 7) is 3.13. The SMILES string of the molecule is CC1CN(S(=O)(=O)C(C)C#N)CC1C(=O)O. The molecule has 0 aromatic rings. The zero-order valence-electron chi connectivity index (χ0n) is 9.12. The molecule has 1 saturated heterocycles. The topological polar surface area (TPSA) is 98.5 Å². The van der Waals surface area contributed by atoms with Crippen LogP contribution >= 0.6 is 0 Å². The number of aliphatic carboxylic acids is 1. The number of hydrogen-bond acceptors (Lipinski definition) is 4. The van der Waals surface area contributed by atoms with Gasteiger partial charge in [0.25, 0.3) is 0 Å². The molecule has 0 saturated carbocycles. The van der Waals surface area contributed by atoms with Gasteiger partial charge in [-0.2, -0.15) is 9.57 Å². The van der Waals surface area contributed by atoms with Crippen molar-refractivity contribution in [2.75, 3.05) is 13.1 Å². The van der Waals surface area contributed by atoms with Crippen molar-refractivity contribution in [3.8, 4) is 6.07 Å². The van der Waals surface area contributed by atoms with E-state index >= 15 is 0 Å². The van der Waals surface area contributed by atoms with Crippen molar-refractivity contribution in [2.24, 2.45) is 11.8 Å². The fraction of sp³-hybridized carbons (Fsp3) is 0.778. The molecule has 0 aromatic heterocycles. The van der Waals surface area contributed by atoms with Gasteiger partial charge in [-0.1, -0.05) is 6.92 Å². The Kier molecular flexibility index (Phi) is 3.55. The first-order valence-corrected chi connectivity index (χ1v) is 6.42. The average Bonchev–Trinajstić information content (AvgIpc) is 2.59. The maximum Gasteiger partial charge on any atom is 0.308 e. The smallest absolute Gasteiger partial charge is 0.308 e. The number of nitriles is 1. The van der Waals surface area contributed by atoms with Gasteiger partial charge in [-0.05, 0) is 12.8 Å². The number of nitrogens with zero attached hydrogens (tertiary/aromatic N) is 2. The van der Waals surface area contributed by atoms with E-state index in [1.165, 1.54) is 6.92 Å². The first kappa shape index (κ1) is 12.9. The third-order valence-electron chi connectivity index (χ3n) is 2.88. The summed E-state index contributed by atoms with van der Waals surface area (Å²) in [6.07, 6.45) is 0. The third kappa shape index (κ3) is 2.18. The normalized spacial score (nSPS) is 28.6. The van der Waals surface area contributed by atoms with E-state index in [1.54, 1.807) is 13.0 Å². The van der Waals surface area contributed by atoms with Crippen LogP contribution in [0.4, 0.5) is 0 Å². The van der Waals surface area contributed by atoms with Gasteiger partial charge in [0.05, 0.1) is 12.0 Å². The monoisotopic (exact) mass is 246 g/mol. The highest BCUT2D eigenvalue weighted by atomic mass is 32.2. The van der Waals surface area contributed by atoms with Crippen LogP contribution in [0.1, 0.15) is 13.8 Å². The van der Waals surface area contributed by atoms with E-state index in [1.807, 2.05) is 0 Å². The summed E-state index contributed by atoms with van der Waals surface area (Å²) in [6, 6.07) is 1.66. The lowest BCUT2D eigenvalue weighted by molar-refractivity contribution is -0.142. The van der Waals surface area contributed by atoms with Crippen LogP contribution in [0.15, 0.2) is 0 Å². The Hall–Kier alpha value is -1.13. The van der Waals surface area contributed by atoms with Gasteiger partial charge in [-0.25, -0.2) is 8.42 Å². The van der Waals surface area contributed by atoms with Crippen LogP contribution in [0.2, 0.25) is 0 Å². The van der Waals surface area contributed by atoms with Crippen molar-refractivity contribution in [1.82, 2.24) is 4.31 Å². The quantitative estimate of drug-likeness (QED) is 0.748. The van der Waals surface area contributed by atoms with Gasteiger partial charge in [0, 0.05) is 13.1 Å². The Bertz CT molecular complexity index is 425. The van der Waals surface area contributed by atoms with Gasteiger partial charge in [0.2, 0.25) is 10.0 Å². The van der Waals surface area contributed by atoms with E-state index < -0.39 is 27.2 Å². The van der Waals surface area contributed by atoms with Crippen molar-refractivity contribution >= 4 is 16.0 Å². The molecule has 1 N–H and O–H groups in total. The van der Waals surface area contributed by atoms with E-state index in [9.17, 15) is 13.2 Å². The fourth-order valence-corrected chi connectivity index (χ4v) is 3.13. The molecule has 1 fully saturated rings. The molecule has 0 radical (unpaired) electrons. The molecule has 1 rings (SSSR count). The fourth-order valence-electron chi connectivity index (χ4n) is 1.74. The van der Waals surface area contributed by atoms with Crippen molar-refractivity contribution in [2.45, 2.75) is 19.1 Å². The van der Waals surface area contributed by atoms with Crippen LogP contribution in [0, 0.1) is 23.2 Å². The second-order valence-corrected chi connectivity index (χ2v) is 6.31. The Morgan fingerprint density at radius 3 is 2.50 bits per heavy atom. The number of rotatable bonds is 3. The van der Waals surface area contributed by atoms with Crippen molar-refractivity contribution in [1.29, 1.82) is 5.26 Å². The maximum absolute atomic E-state index is 11.8. The largest absolute Gasteiger partial charge is 0.481 e. The van der Waals surface area contributed by atoms with E-state index in [2.05, 4.69) is 0 Å². The van der Waals surface area contributed by atoms with Gasteiger partial charge >= 0.3 is 5.97 Å². The standard InChI is InChI=1S/C9H14N2O4S/c1-6-4-11(5-8(6)9(12)13)16(14,15)7(2)3-10/h6-8H,4-5H2,1-2H3,(H,12,13). The molecule has 0 amide bonds. The minimum Gasteiger partial charge on any atom is -0.481 e. The minimum atomic E-state index is -3.68. The molecule has 0 aromatic carbocycles. The van der Waals surface area contributed by atoms with Crippen LogP contribution in [-0.2, 0) is 14.8 Å². The van der Waals surface area contributed by atoms with Gasteiger partial charge < -0.3 is 5.11 Å². The molecule has 1 aliphatic heterocycles. The Morgan fingerprint density at radius 1 is 1.56 bits per heavy atom. The minimum absolute atomic E-state index is 0.0369. The van der Waals surface area contributed by atoms with Crippen molar-refractivity contribution in [3.05, 3.63) is 0 Å². The molecule has 1 heterocycles. The second-order valence-electron chi connectivity index (χ2n) is 4.06. The average molecular weight is 246 g/mol. The Balaban J connectivity index is 2.88. The number of sulfonamides is 1. The van der Waals surface area contributed by atoms with Crippen LogP contribution in [0.25, 0.3) is 0 Å².